The van der Waals surface area contributed by atoms with Gasteiger partial charge in [0.1, 0.15) is 6.10 Å². The molecule has 0 bridgehead atoms. The van der Waals surface area contributed by atoms with Gasteiger partial charge in [0.15, 0.2) is 0 Å². The van der Waals surface area contributed by atoms with Crippen LogP contribution in [0.4, 0.5) is 0 Å². The van der Waals surface area contributed by atoms with Crippen molar-refractivity contribution in [2.24, 2.45) is 11.7 Å². The molecule has 1 heterocycles. The van der Waals surface area contributed by atoms with Crippen molar-refractivity contribution in [2.75, 3.05) is 13.7 Å². The van der Waals surface area contributed by atoms with E-state index in [0.717, 1.165) is 12.8 Å². The Hall–Kier alpha value is -0.980. The monoisotopic (exact) mass is 227 g/mol. The summed E-state index contributed by atoms with van der Waals surface area (Å²) in [4.78, 5) is 4.22. The molecule has 1 aliphatic rings. The fraction of sp³-hybridized carbons (Fsp3) is 0.800. The van der Waals surface area contributed by atoms with Gasteiger partial charge >= 0.3 is 0 Å². The molecule has 1 fully saturated rings. The van der Waals surface area contributed by atoms with Crippen molar-refractivity contribution in [3.63, 3.8) is 0 Å². The van der Waals surface area contributed by atoms with Crippen molar-refractivity contribution < 1.29 is 14.4 Å². The van der Waals surface area contributed by atoms with Gasteiger partial charge in [-0.1, -0.05) is 5.16 Å². The molecule has 1 aromatic heterocycles. The third-order valence-electron chi connectivity index (χ3n) is 2.77. The lowest BCUT2D eigenvalue weighted by Gasteiger charge is -2.08. The van der Waals surface area contributed by atoms with Crippen LogP contribution in [0.15, 0.2) is 4.52 Å². The van der Waals surface area contributed by atoms with E-state index in [1.165, 1.54) is 0 Å². The number of nitrogens with zero attached hydrogens (tertiary/aromatic N) is 2. The number of aromatic nitrogens is 2. The van der Waals surface area contributed by atoms with Gasteiger partial charge in [-0.2, -0.15) is 4.98 Å². The Balaban J connectivity index is 2.05. The molecule has 6 nitrogen and oxygen atoms in total. The molecule has 2 rings (SSSR count). The highest BCUT2D eigenvalue weighted by molar-refractivity contribution is 5.00. The van der Waals surface area contributed by atoms with Crippen molar-refractivity contribution in [3.8, 4) is 0 Å². The second-order valence-electron chi connectivity index (χ2n) is 4.10. The van der Waals surface area contributed by atoms with Gasteiger partial charge < -0.3 is 20.1 Å². The van der Waals surface area contributed by atoms with Crippen LogP contribution in [0, 0.1) is 5.92 Å². The van der Waals surface area contributed by atoms with Crippen LogP contribution in [0.25, 0.3) is 0 Å². The standard InChI is InChI=1S/C10H17N3O3/c1-15-8(6-2-3-6)9-12-10(16-13-9)7(11)4-5-14/h6-8,14H,2-5,11H2,1H3. The molecule has 1 aliphatic carbocycles. The maximum Gasteiger partial charge on any atom is 0.243 e. The number of nitrogens with two attached hydrogens (primary N) is 1. The predicted octanol–water partition coefficient (Wildman–Crippen LogP) is 0.549. The summed E-state index contributed by atoms with van der Waals surface area (Å²) in [6.45, 7) is 0.00914. The van der Waals surface area contributed by atoms with Crippen LogP contribution in [-0.2, 0) is 4.74 Å². The van der Waals surface area contributed by atoms with Crippen LogP contribution < -0.4 is 5.73 Å². The van der Waals surface area contributed by atoms with Crippen LogP contribution in [0.2, 0.25) is 0 Å². The first-order valence-electron chi connectivity index (χ1n) is 5.49. The van der Waals surface area contributed by atoms with Crippen molar-refractivity contribution >= 4 is 0 Å². The second kappa shape index (κ2) is 4.90. The minimum atomic E-state index is -0.400. The quantitative estimate of drug-likeness (QED) is 0.737. The first-order chi connectivity index (χ1) is 7.76. The Kier molecular flexibility index (Phi) is 3.52. The lowest BCUT2D eigenvalue weighted by atomic mass is 10.2. The van der Waals surface area contributed by atoms with Gasteiger partial charge in [-0.25, -0.2) is 0 Å². The molecule has 2 atom stereocenters. The summed E-state index contributed by atoms with van der Waals surface area (Å²) in [6.07, 6.45) is 2.62. The van der Waals surface area contributed by atoms with Crippen LogP contribution in [0.1, 0.15) is 43.1 Å². The SMILES string of the molecule is COC(c1noc(C(N)CCO)n1)C1CC1. The highest BCUT2D eigenvalue weighted by Gasteiger charge is 2.35. The van der Waals surface area contributed by atoms with E-state index in [4.69, 9.17) is 20.1 Å². The smallest absolute Gasteiger partial charge is 0.243 e. The molecular weight excluding hydrogens is 210 g/mol. The summed E-state index contributed by atoms with van der Waals surface area (Å²) in [5.74, 6) is 1.43. The fourth-order valence-corrected chi connectivity index (χ4v) is 1.68. The van der Waals surface area contributed by atoms with E-state index in [1.54, 1.807) is 7.11 Å². The third-order valence-corrected chi connectivity index (χ3v) is 2.77. The van der Waals surface area contributed by atoms with Gasteiger partial charge in [-0.3, -0.25) is 0 Å². The summed E-state index contributed by atoms with van der Waals surface area (Å²) in [5, 5.41) is 12.6. The Morgan fingerprint density at radius 1 is 1.62 bits per heavy atom. The molecule has 6 heteroatoms. The molecule has 1 saturated carbocycles. The zero-order valence-electron chi connectivity index (χ0n) is 9.30. The van der Waals surface area contributed by atoms with Crippen molar-refractivity contribution in [1.29, 1.82) is 0 Å². The predicted molar refractivity (Wildman–Crippen MR) is 55.4 cm³/mol. The highest BCUT2D eigenvalue weighted by atomic mass is 16.5. The number of methoxy groups -OCH3 is 1. The Bertz CT molecular complexity index is 338. The molecule has 0 aromatic carbocycles. The Morgan fingerprint density at radius 2 is 2.38 bits per heavy atom. The maximum atomic E-state index is 8.76. The van der Waals surface area contributed by atoms with Gasteiger partial charge in [0, 0.05) is 13.7 Å². The molecule has 0 amide bonds. The normalized spacial score (nSPS) is 19.7. The summed E-state index contributed by atoms with van der Waals surface area (Å²) in [6, 6.07) is -0.400. The largest absolute Gasteiger partial charge is 0.396 e. The zero-order chi connectivity index (χ0) is 11.5. The van der Waals surface area contributed by atoms with Gasteiger partial charge in [-0.15, -0.1) is 0 Å². The molecule has 0 saturated heterocycles. The zero-order valence-corrected chi connectivity index (χ0v) is 9.30. The second-order valence-corrected chi connectivity index (χ2v) is 4.10. The highest BCUT2D eigenvalue weighted by Crippen LogP contribution is 2.42. The summed E-state index contributed by atoms with van der Waals surface area (Å²) < 4.78 is 10.4. The lowest BCUT2D eigenvalue weighted by Crippen LogP contribution is -2.13. The fourth-order valence-electron chi connectivity index (χ4n) is 1.68. The summed E-state index contributed by atoms with van der Waals surface area (Å²) in [7, 11) is 1.65. The van der Waals surface area contributed by atoms with Crippen molar-refractivity contribution in [1.82, 2.24) is 10.1 Å². The molecule has 16 heavy (non-hydrogen) atoms. The maximum absolute atomic E-state index is 8.76. The first-order valence-corrected chi connectivity index (χ1v) is 5.49. The average molecular weight is 227 g/mol. The average Bonchev–Trinajstić information content (AvgIpc) is 2.97. The van der Waals surface area contributed by atoms with Gasteiger partial charge in [0.05, 0.1) is 6.04 Å². The van der Waals surface area contributed by atoms with E-state index in [2.05, 4.69) is 10.1 Å². The molecule has 2 unspecified atom stereocenters. The van der Waals surface area contributed by atoms with E-state index in [1.807, 2.05) is 0 Å². The van der Waals surface area contributed by atoms with Crippen molar-refractivity contribution in [2.45, 2.75) is 31.4 Å². The molecule has 0 radical (unpaired) electrons. The van der Waals surface area contributed by atoms with E-state index in [9.17, 15) is 0 Å². The molecule has 3 N–H and O–H groups in total. The molecular formula is C10H17N3O3. The summed E-state index contributed by atoms with van der Waals surface area (Å²) >= 11 is 0. The summed E-state index contributed by atoms with van der Waals surface area (Å²) in [5.41, 5.74) is 5.76. The van der Waals surface area contributed by atoms with Crippen LogP contribution in [0.3, 0.4) is 0 Å². The number of rotatable bonds is 6. The topological polar surface area (TPSA) is 94.4 Å². The number of ether oxygens (including phenoxy) is 1. The molecule has 0 aliphatic heterocycles. The number of hydrogen-bond acceptors (Lipinski definition) is 6. The first kappa shape index (κ1) is 11.5. The number of aliphatic hydroxyl groups is 1. The van der Waals surface area contributed by atoms with Crippen LogP contribution >= 0.6 is 0 Å². The minimum Gasteiger partial charge on any atom is -0.396 e. The third kappa shape index (κ3) is 2.40. The van der Waals surface area contributed by atoms with E-state index in [0.29, 0.717) is 24.1 Å². The number of aliphatic hydroxyl groups excluding tert-OH is 1. The number of hydrogen-bond donors (Lipinski definition) is 2. The van der Waals surface area contributed by atoms with E-state index in [-0.39, 0.29) is 12.7 Å². The van der Waals surface area contributed by atoms with E-state index >= 15 is 0 Å². The van der Waals surface area contributed by atoms with E-state index < -0.39 is 6.04 Å². The lowest BCUT2D eigenvalue weighted by molar-refractivity contribution is 0.0751. The Labute approximate surface area is 93.8 Å². The molecule has 90 valence electrons. The molecule has 0 spiro atoms. The molecule has 1 aromatic rings. The minimum absolute atomic E-state index is 0.00914. The Morgan fingerprint density at radius 3 is 2.94 bits per heavy atom. The van der Waals surface area contributed by atoms with Gasteiger partial charge in [0.25, 0.3) is 0 Å². The van der Waals surface area contributed by atoms with Gasteiger partial charge in [-0.05, 0) is 25.2 Å². The van der Waals surface area contributed by atoms with Crippen LogP contribution in [-0.4, -0.2) is 29.0 Å². The van der Waals surface area contributed by atoms with Crippen LogP contribution in [0.5, 0.6) is 0 Å². The van der Waals surface area contributed by atoms with Crippen molar-refractivity contribution in [3.05, 3.63) is 11.7 Å². The van der Waals surface area contributed by atoms with Gasteiger partial charge in [0.2, 0.25) is 11.7 Å².